The van der Waals surface area contributed by atoms with Gasteiger partial charge in [0.05, 0.1) is 6.20 Å². The molecule has 2 heterocycles. The standard InChI is InChI=1S/C20H22N4O3/c1-14-9-10-15(2)24(14)20-17(11-22-23(20)3)19(26)21-12-18(25)27-13-16-7-5-4-6-8-16/h4-11H,12-13H2,1-3H3,(H,21,26). The summed E-state index contributed by atoms with van der Waals surface area (Å²) in [5, 5.41) is 6.81. The zero-order valence-corrected chi connectivity index (χ0v) is 15.6. The van der Waals surface area contributed by atoms with E-state index >= 15 is 0 Å². The molecule has 0 spiro atoms. The van der Waals surface area contributed by atoms with Crippen LogP contribution in [-0.4, -0.2) is 32.8 Å². The molecule has 0 aliphatic carbocycles. The third-order valence-electron chi connectivity index (χ3n) is 4.27. The summed E-state index contributed by atoms with van der Waals surface area (Å²) in [5.74, 6) is -0.210. The lowest BCUT2D eigenvalue weighted by Crippen LogP contribution is -2.31. The van der Waals surface area contributed by atoms with Gasteiger partial charge in [0.25, 0.3) is 5.91 Å². The molecule has 0 saturated heterocycles. The Morgan fingerprint density at radius 1 is 1.07 bits per heavy atom. The third kappa shape index (κ3) is 4.08. The highest BCUT2D eigenvalue weighted by molar-refractivity contribution is 5.98. The summed E-state index contributed by atoms with van der Waals surface area (Å²) in [4.78, 5) is 24.5. The summed E-state index contributed by atoms with van der Waals surface area (Å²) in [6.07, 6.45) is 1.50. The van der Waals surface area contributed by atoms with Crippen molar-refractivity contribution < 1.29 is 14.3 Å². The van der Waals surface area contributed by atoms with Crippen molar-refractivity contribution in [1.29, 1.82) is 0 Å². The quantitative estimate of drug-likeness (QED) is 0.679. The lowest BCUT2D eigenvalue weighted by atomic mass is 10.2. The van der Waals surface area contributed by atoms with E-state index in [1.165, 1.54) is 6.20 Å². The second-order valence-electron chi connectivity index (χ2n) is 6.29. The molecule has 3 rings (SSSR count). The predicted molar refractivity (Wildman–Crippen MR) is 101 cm³/mol. The molecule has 7 nitrogen and oxygen atoms in total. The van der Waals surface area contributed by atoms with Crippen LogP contribution in [0.25, 0.3) is 5.82 Å². The SMILES string of the molecule is Cc1ccc(C)n1-c1c(C(=O)NCC(=O)OCc2ccccc2)cnn1C. The van der Waals surface area contributed by atoms with Crippen LogP contribution >= 0.6 is 0 Å². The van der Waals surface area contributed by atoms with Crippen LogP contribution in [0.5, 0.6) is 0 Å². The Morgan fingerprint density at radius 2 is 1.74 bits per heavy atom. The average molecular weight is 366 g/mol. The zero-order chi connectivity index (χ0) is 19.4. The molecule has 1 amide bonds. The average Bonchev–Trinajstić information content (AvgIpc) is 3.20. The van der Waals surface area contributed by atoms with E-state index in [1.807, 2.05) is 60.9 Å². The first-order valence-electron chi connectivity index (χ1n) is 8.62. The molecular formula is C20H22N4O3. The molecule has 0 aliphatic rings. The second kappa shape index (κ2) is 7.90. The highest BCUT2D eigenvalue weighted by Crippen LogP contribution is 2.19. The van der Waals surface area contributed by atoms with E-state index in [9.17, 15) is 9.59 Å². The number of aryl methyl sites for hydroxylation is 3. The first kappa shape index (κ1) is 18.4. The van der Waals surface area contributed by atoms with Gasteiger partial charge < -0.3 is 14.6 Å². The van der Waals surface area contributed by atoms with Gasteiger partial charge in [0.1, 0.15) is 24.5 Å². The van der Waals surface area contributed by atoms with Crippen LogP contribution in [0.3, 0.4) is 0 Å². The molecule has 0 aliphatic heterocycles. The first-order valence-corrected chi connectivity index (χ1v) is 8.62. The smallest absolute Gasteiger partial charge is 0.325 e. The minimum absolute atomic E-state index is 0.176. The van der Waals surface area contributed by atoms with Gasteiger partial charge in [-0.2, -0.15) is 5.10 Å². The largest absolute Gasteiger partial charge is 0.460 e. The van der Waals surface area contributed by atoms with Gasteiger partial charge in [-0.1, -0.05) is 30.3 Å². The summed E-state index contributed by atoms with van der Waals surface area (Å²) in [5.41, 5.74) is 3.28. The number of hydrogen-bond acceptors (Lipinski definition) is 4. The normalized spacial score (nSPS) is 10.6. The molecule has 0 fully saturated rings. The molecule has 0 radical (unpaired) electrons. The summed E-state index contributed by atoms with van der Waals surface area (Å²) in [7, 11) is 1.78. The van der Waals surface area contributed by atoms with Gasteiger partial charge in [0.2, 0.25) is 0 Å². The Morgan fingerprint density at radius 3 is 2.41 bits per heavy atom. The molecule has 1 N–H and O–H groups in total. The third-order valence-corrected chi connectivity index (χ3v) is 4.27. The van der Waals surface area contributed by atoms with Crippen LogP contribution in [0.4, 0.5) is 0 Å². The van der Waals surface area contributed by atoms with E-state index in [1.54, 1.807) is 11.7 Å². The van der Waals surface area contributed by atoms with E-state index in [0.717, 1.165) is 17.0 Å². The molecule has 27 heavy (non-hydrogen) atoms. The summed E-state index contributed by atoms with van der Waals surface area (Å²) >= 11 is 0. The molecule has 1 aromatic carbocycles. The van der Waals surface area contributed by atoms with Crippen LogP contribution in [0.15, 0.2) is 48.7 Å². The molecule has 140 valence electrons. The van der Waals surface area contributed by atoms with Crippen LogP contribution in [0.2, 0.25) is 0 Å². The number of nitrogens with one attached hydrogen (secondary N) is 1. The zero-order valence-electron chi connectivity index (χ0n) is 15.6. The van der Waals surface area contributed by atoms with E-state index < -0.39 is 5.97 Å². The van der Waals surface area contributed by atoms with Gasteiger partial charge in [-0.15, -0.1) is 0 Å². The van der Waals surface area contributed by atoms with Crippen molar-refractivity contribution in [1.82, 2.24) is 19.7 Å². The van der Waals surface area contributed by atoms with Crippen LogP contribution in [-0.2, 0) is 23.2 Å². The predicted octanol–water partition coefficient (Wildman–Crippen LogP) is 2.30. The van der Waals surface area contributed by atoms with Gasteiger partial charge in [-0.25, -0.2) is 0 Å². The van der Waals surface area contributed by atoms with Crippen molar-refractivity contribution in [3.8, 4) is 5.82 Å². The number of carbonyl (C=O) groups is 2. The highest BCUT2D eigenvalue weighted by atomic mass is 16.5. The molecule has 0 saturated carbocycles. The summed E-state index contributed by atoms with van der Waals surface area (Å²) < 4.78 is 8.78. The van der Waals surface area contributed by atoms with Gasteiger partial charge >= 0.3 is 5.97 Å². The van der Waals surface area contributed by atoms with Crippen molar-refractivity contribution in [3.63, 3.8) is 0 Å². The number of ether oxygens (including phenoxy) is 1. The van der Waals surface area contributed by atoms with Gasteiger partial charge in [0, 0.05) is 18.4 Å². The Labute approximate surface area is 157 Å². The van der Waals surface area contributed by atoms with Gasteiger partial charge in [-0.05, 0) is 31.5 Å². The van der Waals surface area contributed by atoms with Crippen molar-refractivity contribution in [2.24, 2.45) is 7.05 Å². The fourth-order valence-electron chi connectivity index (χ4n) is 2.90. The van der Waals surface area contributed by atoms with E-state index in [-0.39, 0.29) is 19.1 Å². The van der Waals surface area contributed by atoms with Gasteiger partial charge in [-0.3, -0.25) is 14.3 Å². The number of rotatable bonds is 6. The van der Waals surface area contributed by atoms with Crippen LogP contribution < -0.4 is 5.32 Å². The second-order valence-corrected chi connectivity index (χ2v) is 6.29. The van der Waals surface area contributed by atoms with Crippen molar-refractivity contribution in [3.05, 3.63) is 71.2 Å². The number of amides is 1. The van der Waals surface area contributed by atoms with E-state index in [2.05, 4.69) is 10.4 Å². The maximum absolute atomic E-state index is 12.6. The number of benzene rings is 1. The lowest BCUT2D eigenvalue weighted by Gasteiger charge is -2.12. The van der Waals surface area contributed by atoms with Gasteiger partial charge in [0.15, 0.2) is 0 Å². The Balaban J connectivity index is 1.65. The van der Waals surface area contributed by atoms with Crippen molar-refractivity contribution >= 4 is 11.9 Å². The van der Waals surface area contributed by atoms with Crippen LogP contribution in [0.1, 0.15) is 27.3 Å². The number of carbonyl (C=O) groups excluding carboxylic acids is 2. The van der Waals surface area contributed by atoms with Crippen molar-refractivity contribution in [2.75, 3.05) is 6.54 Å². The minimum atomic E-state index is -0.494. The van der Waals surface area contributed by atoms with Crippen LogP contribution in [0, 0.1) is 13.8 Å². The number of aromatic nitrogens is 3. The molecule has 2 aromatic heterocycles. The first-order chi connectivity index (χ1) is 13.0. The Kier molecular flexibility index (Phi) is 5.40. The Hall–Kier alpha value is -3.35. The molecule has 0 atom stereocenters. The fourth-order valence-corrected chi connectivity index (χ4v) is 2.90. The summed E-state index contributed by atoms with van der Waals surface area (Å²) in [6, 6.07) is 13.3. The van der Waals surface area contributed by atoms with E-state index in [0.29, 0.717) is 11.4 Å². The number of nitrogens with zero attached hydrogens (tertiary/aromatic N) is 3. The molecule has 3 aromatic rings. The minimum Gasteiger partial charge on any atom is -0.460 e. The fraction of sp³-hybridized carbons (Fsp3) is 0.250. The monoisotopic (exact) mass is 366 g/mol. The summed E-state index contributed by atoms with van der Waals surface area (Å²) in [6.45, 7) is 3.89. The number of hydrogen-bond donors (Lipinski definition) is 1. The Bertz CT molecular complexity index is 938. The number of esters is 1. The highest BCUT2D eigenvalue weighted by Gasteiger charge is 2.20. The van der Waals surface area contributed by atoms with E-state index in [4.69, 9.17) is 4.74 Å². The molecular weight excluding hydrogens is 344 g/mol. The maximum atomic E-state index is 12.6. The van der Waals surface area contributed by atoms with Crippen molar-refractivity contribution in [2.45, 2.75) is 20.5 Å². The lowest BCUT2D eigenvalue weighted by molar-refractivity contribution is -0.143. The maximum Gasteiger partial charge on any atom is 0.325 e. The molecule has 7 heteroatoms. The molecule has 0 bridgehead atoms. The topological polar surface area (TPSA) is 78.2 Å². The molecule has 0 unspecified atom stereocenters.